The van der Waals surface area contributed by atoms with Crippen molar-refractivity contribution in [3.8, 4) is 5.75 Å². The molecule has 2 aromatic rings. The van der Waals surface area contributed by atoms with Crippen molar-refractivity contribution >= 4 is 24.0 Å². The van der Waals surface area contributed by atoms with Crippen LogP contribution in [0.25, 0.3) is 0 Å². The average molecular weight is 355 g/mol. The molecule has 0 aliphatic heterocycles. The minimum Gasteiger partial charge on any atom is -0.481 e. The number of hydrogen-bond donors (Lipinski definition) is 3. The Bertz CT molecular complexity index is 805. The van der Waals surface area contributed by atoms with Gasteiger partial charge in [0.15, 0.2) is 6.61 Å². The van der Waals surface area contributed by atoms with E-state index in [0.717, 1.165) is 5.56 Å². The third-order valence-corrected chi connectivity index (χ3v) is 3.14. The van der Waals surface area contributed by atoms with Gasteiger partial charge in [-0.15, -0.1) is 0 Å². The Hall–Kier alpha value is -3.68. The second-order valence-electron chi connectivity index (χ2n) is 5.09. The lowest BCUT2D eigenvalue weighted by atomic mass is 10.2. The van der Waals surface area contributed by atoms with Gasteiger partial charge >= 0.3 is 17.8 Å². The maximum Gasteiger partial charge on any atom is 0.341 e. The highest BCUT2D eigenvalue weighted by Gasteiger charge is 2.12. The zero-order chi connectivity index (χ0) is 18.8. The molecule has 0 radical (unpaired) electrons. The first-order chi connectivity index (χ1) is 12.6. The van der Waals surface area contributed by atoms with E-state index in [9.17, 15) is 14.4 Å². The van der Waals surface area contributed by atoms with E-state index < -0.39 is 24.4 Å². The summed E-state index contributed by atoms with van der Waals surface area (Å²) in [5.74, 6) is -2.55. The van der Waals surface area contributed by atoms with Crippen LogP contribution in [0.2, 0.25) is 0 Å². The molecule has 0 saturated heterocycles. The second-order valence-corrected chi connectivity index (χ2v) is 5.09. The van der Waals surface area contributed by atoms with Crippen molar-refractivity contribution in [3.05, 3.63) is 65.7 Å². The van der Waals surface area contributed by atoms with E-state index in [1.807, 2.05) is 30.3 Å². The largest absolute Gasteiger partial charge is 0.481 e. The molecular weight excluding hydrogens is 338 g/mol. The lowest BCUT2D eigenvalue weighted by Gasteiger charge is -2.06. The number of carboxylic acids is 1. The highest BCUT2D eigenvalue weighted by molar-refractivity contribution is 6.35. The van der Waals surface area contributed by atoms with Crippen molar-refractivity contribution in [2.45, 2.75) is 6.54 Å². The number of para-hydroxylation sites is 1. The number of carbonyl (C=O) groups excluding carboxylic acids is 2. The van der Waals surface area contributed by atoms with Crippen LogP contribution in [0.5, 0.6) is 5.75 Å². The molecule has 2 rings (SSSR count). The Labute approximate surface area is 149 Å². The van der Waals surface area contributed by atoms with E-state index in [-0.39, 0.29) is 6.54 Å². The van der Waals surface area contributed by atoms with Gasteiger partial charge in [0.2, 0.25) is 0 Å². The van der Waals surface area contributed by atoms with E-state index in [2.05, 4.69) is 15.8 Å². The van der Waals surface area contributed by atoms with E-state index in [0.29, 0.717) is 11.3 Å². The van der Waals surface area contributed by atoms with Gasteiger partial charge in [-0.1, -0.05) is 42.5 Å². The Morgan fingerprint density at radius 3 is 2.42 bits per heavy atom. The molecule has 26 heavy (non-hydrogen) atoms. The number of amides is 2. The molecule has 0 atom stereocenters. The predicted octanol–water partition coefficient (Wildman–Crippen LogP) is 0.916. The predicted molar refractivity (Wildman–Crippen MR) is 93.6 cm³/mol. The second kappa shape index (κ2) is 9.58. The molecule has 2 aromatic carbocycles. The third-order valence-electron chi connectivity index (χ3n) is 3.14. The van der Waals surface area contributed by atoms with Crippen molar-refractivity contribution in [1.82, 2.24) is 10.7 Å². The maximum absolute atomic E-state index is 11.7. The van der Waals surface area contributed by atoms with Gasteiger partial charge in [0.25, 0.3) is 0 Å². The summed E-state index contributed by atoms with van der Waals surface area (Å²) in [6.07, 6.45) is 1.26. The van der Waals surface area contributed by atoms with Gasteiger partial charge in [0, 0.05) is 12.1 Å². The number of aliphatic carboxylic acids is 1. The molecule has 0 spiro atoms. The number of carbonyl (C=O) groups is 3. The SMILES string of the molecule is O=C(O)COc1ccccc1/C=N\NC(=O)C(=O)NCc1ccccc1. The number of hydrazone groups is 1. The van der Waals surface area contributed by atoms with Crippen LogP contribution in [0.15, 0.2) is 59.7 Å². The normalized spacial score (nSPS) is 10.3. The van der Waals surface area contributed by atoms with Crippen LogP contribution < -0.4 is 15.5 Å². The van der Waals surface area contributed by atoms with Crippen molar-refractivity contribution < 1.29 is 24.2 Å². The van der Waals surface area contributed by atoms with E-state index in [1.165, 1.54) is 6.21 Å². The molecule has 2 amide bonds. The summed E-state index contributed by atoms with van der Waals surface area (Å²) < 4.78 is 5.11. The Morgan fingerprint density at radius 1 is 1.00 bits per heavy atom. The topological polar surface area (TPSA) is 117 Å². The summed E-state index contributed by atoms with van der Waals surface area (Å²) in [5, 5.41) is 14.8. The molecular formula is C18H17N3O5. The zero-order valence-electron chi connectivity index (χ0n) is 13.7. The summed E-state index contributed by atoms with van der Waals surface area (Å²) in [7, 11) is 0. The van der Waals surface area contributed by atoms with E-state index in [1.54, 1.807) is 24.3 Å². The minimum atomic E-state index is -1.11. The van der Waals surface area contributed by atoms with Gasteiger partial charge in [-0.3, -0.25) is 9.59 Å². The summed E-state index contributed by atoms with van der Waals surface area (Å²) in [6, 6.07) is 15.7. The van der Waals surface area contributed by atoms with Crippen LogP contribution in [0, 0.1) is 0 Å². The fourth-order valence-corrected chi connectivity index (χ4v) is 1.93. The molecule has 0 aliphatic carbocycles. The molecule has 0 heterocycles. The number of nitrogens with one attached hydrogen (secondary N) is 2. The smallest absolute Gasteiger partial charge is 0.341 e. The van der Waals surface area contributed by atoms with Crippen LogP contribution in [-0.4, -0.2) is 35.7 Å². The molecule has 0 fully saturated rings. The van der Waals surface area contributed by atoms with Crippen LogP contribution in [0.4, 0.5) is 0 Å². The zero-order valence-corrected chi connectivity index (χ0v) is 13.7. The molecule has 8 heteroatoms. The molecule has 0 aromatic heterocycles. The molecule has 0 bridgehead atoms. The highest BCUT2D eigenvalue weighted by atomic mass is 16.5. The monoisotopic (exact) mass is 355 g/mol. The Kier molecular flexibility index (Phi) is 6.87. The number of benzene rings is 2. The fourth-order valence-electron chi connectivity index (χ4n) is 1.93. The molecule has 0 saturated carbocycles. The molecule has 0 aliphatic rings. The van der Waals surface area contributed by atoms with E-state index >= 15 is 0 Å². The standard InChI is InChI=1S/C18H17N3O5/c22-16(23)12-26-15-9-5-4-8-14(15)11-20-21-18(25)17(24)19-10-13-6-2-1-3-7-13/h1-9,11H,10,12H2,(H,19,24)(H,21,25)(H,22,23)/b20-11-. The van der Waals surface area contributed by atoms with Gasteiger partial charge < -0.3 is 15.2 Å². The summed E-state index contributed by atoms with van der Waals surface area (Å²) >= 11 is 0. The lowest BCUT2D eigenvalue weighted by Crippen LogP contribution is -2.37. The third kappa shape index (κ3) is 6.08. The number of nitrogens with zero attached hydrogens (tertiary/aromatic N) is 1. The van der Waals surface area contributed by atoms with Crippen molar-refractivity contribution in [1.29, 1.82) is 0 Å². The first-order valence-corrected chi connectivity index (χ1v) is 7.65. The molecule has 8 nitrogen and oxygen atoms in total. The van der Waals surface area contributed by atoms with Crippen LogP contribution in [-0.2, 0) is 20.9 Å². The first kappa shape index (κ1) is 18.7. The summed E-state index contributed by atoms with van der Waals surface area (Å²) in [5.41, 5.74) is 3.43. The first-order valence-electron chi connectivity index (χ1n) is 7.65. The number of rotatable bonds is 7. The average Bonchev–Trinajstić information content (AvgIpc) is 2.66. The van der Waals surface area contributed by atoms with Crippen LogP contribution >= 0.6 is 0 Å². The van der Waals surface area contributed by atoms with Crippen molar-refractivity contribution in [2.24, 2.45) is 5.10 Å². The quantitative estimate of drug-likeness (QED) is 0.388. The van der Waals surface area contributed by atoms with Crippen molar-refractivity contribution in [2.75, 3.05) is 6.61 Å². The van der Waals surface area contributed by atoms with Crippen molar-refractivity contribution in [3.63, 3.8) is 0 Å². The fraction of sp³-hybridized carbons (Fsp3) is 0.111. The van der Waals surface area contributed by atoms with E-state index in [4.69, 9.17) is 9.84 Å². The number of ether oxygens (including phenoxy) is 1. The van der Waals surface area contributed by atoms with Gasteiger partial charge in [0.05, 0.1) is 6.21 Å². The number of carboxylic acid groups (broad SMARTS) is 1. The van der Waals surface area contributed by atoms with Crippen LogP contribution in [0.3, 0.4) is 0 Å². The number of hydrogen-bond acceptors (Lipinski definition) is 5. The van der Waals surface area contributed by atoms with Gasteiger partial charge in [-0.05, 0) is 17.7 Å². The lowest BCUT2D eigenvalue weighted by molar-refractivity contribution is -0.139. The summed E-state index contributed by atoms with van der Waals surface area (Å²) in [6.45, 7) is -0.276. The molecule has 0 unspecified atom stereocenters. The van der Waals surface area contributed by atoms with Gasteiger partial charge in [-0.2, -0.15) is 5.10 Å². The Balaban J connectivity index is 1.86. The van der Waals surface area contributed by atoms with Gasteiger partial charge in [-0.25, -0.2) is 10.2 Å². The highest BCUT2D eigenvalue weighted by Crippen LogP contribution is 2.15. The maximum atomic E-state index is 11.7. The van der Waals surface area contributed by atoms with Crippen LogP contribution in [0.1, 0.15) is 11.1 Å². The molecule has 134 valence electrons. The molecule has 3 N–H and O–H groups in total. The van der Waals surface area contributed by atoms with Gasteiger partial charge in [0.1, 0.15) is 5.75 Å². The Morgan fingerprint density at radius 2 is 1.69 bits per heavy atom. The minimum absolute atomic E-state index is 0.225. The summed E-state index contributed by atoms with van der Waals surface area (Å²) in [4.78, 5) is 34.0.